The summed E-state index contributed by atoms with van der Waals surface area (Å²) in [5.74, 6) is 0.0613. The molecule has 0 spiro atoms. The molecule has 39 heteroatoms. The Morgan fingerprint density at radius 1 is 0.299 bits per heavy atom. The fourth-order valence-electron chi connectivity index (χ4n) is 18.5. The van der Waals surface area contributed by atoms with Crippen LogP contribution in [0.15, 0.2) is 274 Å². The second kappa shape index (κ2) is 42.2. The number of ether oxygens (including phenoxy) is 4. The van der Waals surface area contributed by atoms with Crippen molar-refractivity contribution in [1.82, 2.24) is 114 Å². The first kappa shape index (κ1) is 95.1. The molecule has 12 atom stereocenters. The number of aromatic nitrogens is 23. The van der Waals surface area contributed by atoms with Gasteiger partial charge in [-0.3, -0.25) is 0 Å². The Kier molecular flexibility index (Phi) is 27.9. The van der Waals surface area contributed by atoms with Crippen LogP contribution in [0.4, 0.5) is 0 Å². The second-order valence-corrected chi connectivity index (χ2v) is 37.1. The zero-order chi connectivity index (χ0) is 98.6. The average Bonchev–Trinajstić information content (AvgIpc) is 1.61. The first-order chi connectivity index (χ1) is 70.3. The highest BCUT2D eigenvalue weighted by atomic mass is 35.5. The quantitative estimate of drug-likeness (QED) is 0.0267. The Balaban J connectivity index is 0.000000113. The maximum absolute atomic E-state index is 10.3. The normalized spacial score (nSPS) is 19.7. The van der Waals surface area contributed by atoms with Gasteiger partial charge in [0.2, 0.25) is 0 Å². The molecular weight excluding hydrogens is 1920 g/mol. The van der Waals surface area contributed by atoms with Gasteiger partial charge in [0.25, 0.3) is 24.0 Å². The van der Waals surface area contributed by atoms with Crippen molar-refractivity contribution in [3.63, 3.8) is 0 Å². The Morgan fingerprint density at radius 3 is 0.861 bits per heavy atom. The van der Waals surface area contributed by atoms with Gasteiger partial charge in [0.15, 0.2) is 28.4 Å². The van der Waals surface area contributed by atoms with Crippen molar-refractivity contribution in [2.24, 2.45) is 23.7 Å². The molecule has 0 bridgehead atoms. The lowest BCUT2D eigenvalue weighted by molar-refractivity contribution is 0.0155. The van der Waals surface area contributed by atoms with Crippen LogP contribution in [0.3, 0.4) is 0 Å². The van der Waals surface area contributed by atoms with Crippen molar-refractivity contribution < 1.29 is 59.8 Å². The number of nitrogens with one attached hydrogen (secondary N) is 4. The number of imidazole rings is 4. The van der Waals surface area contributed by atoms with Crippen LogP contribution in [0, 0.1) is 23.7 Å². The van der Waals surface area contributed by atoms with Gasteiger partial charge in [-0.1, -0.05) is 180 Å². The highest BCUT2D eigenvalue weighted by molar-refractivity contribution is 6.35. The second-order valence-electron chi connectivity index (χ2n) is 35.5. The van der Waals surface area contributed by atoms with E-state index in [-0.39, 0.29) is 74.1 Å². The summed E-state index contributed by atoms with van der Waals surface area (Å²) in [6.45, 7) is -0.242. The van der Waals surface area contributed by atoms with Crippen molar-refractivity contribution in [2.45, 2.75) is 100 Å². The number of H-pyrrole nitrogens is 4. The zero-order valence-electron chi connectivity index (χ0n) is 76.6. The molecule has 20 aromatic rings. The van der Waals surface area contributed by atoms with E-state index in [0.29, 0.717) is 139 Å². The van der Waals surface area contributed by atoms with Gasteiger partial charge in [-0.2, -0.15) is 50.2 Å². The van der Waals surface area contributed by atoms with Crippen molar-refractivity contribution in [3.05, 3.63) is 295 Å². The molecule has 0 amide bonds. The summed E-state index contributed by atoms with van der Waals surface area (Å²) in [5, 5.41) is 102. The van der Waals surface area contributed by atoms with Crippen molar-refractivity contribution in [3.8, 4) is 136 Å². The summed E-state index contributed by atoms with van der Waals surface area (Å²) in [6.07, 6.45) is 16.4. The first-order valence-corrected chi connectivity index (χ1v) is 48.4. The average molecular weight is 2010 g/mol. The predicted octanol–water partition coefficient (Wildman–Crippen LogP) is 16.8. The highest BCUT2D eigenvalue weighted by Crippen LogP contribution is 2.41. The largest absolute Gasteiger partial charge is 0.459 e. The lowest BCUT2D eigenvalue weighted by Crippen LogP contribution is -2.31. The fraction of sp³-hybridized carbons (Fsp3) is 0.229. The SMILES string of the molecule is OC[C@H]1CC[C@@H](Oc2nc3nc(-c4ccc(-c5ccc(-n6cccn6)cc5)cc4)c(Cl)cc3[nH]2)[C@@H]1O.OC[C@H]1CC[C@@H](Oc2nc3nc(-c4ccc(-c5ccc(-n6cccn6)nc5)cc4)c(Cl)cc3[nH]2)[C@@H]1O.OC[C@H]1CC[C@@H](Oc2nc3nc(-c4ccc(-c5ccc(-n6cncn6)cc5)cc4)c(Cl)cc3[nH]2)[C@@H]1O.OC[C@H]1CC[C@@H](Oc2nc3nc(-c4ccc(-c5ccc(-n6nccn6)cc5)cc4)c(Cl)cc3[nH]2)[C@@H]1O. The molecule has 0 unspecified atom stereocenters. The molecule has 4 saturated carbocycles. The molecule has 24 rings (SSSR count). The van der Waals surface area contributed by atoms with Gasteiger partial charge in [-0.05, 0) is 175 Å². The van der Waals surface area contributed by atoms with Gasteiger partial charge in [0.1, 0.15) is 37.1 Å². The minimum Gasteiger partial charge on any atom is -0.459 e. The maximum Gasteiger partial charge on any atom is 0.296 e. The number of fused-ring (bicyclic) bond motifs is 4. The summed E-state index contributed by atoms with van der Waals surface area (Å²) in [6, 6.07) is 72.2. The van der Waals surface area contributed by atoms with Crippen LogP contribution in [0.1, 0.15) is 51.4 Å². The van der Waals surface area contributed by atoms with Crippen molar-refractivity contribution >= 4 is 91.1 Å². The third kappa shape index (κ3) is 20.5. The van der Waals surface area contributed by atoms with E-state index in [2.05, 4.69) is 107 Å². The van der Waals surface area contributed by atoms with Crippen LogP contribution in [0.5, 0.6) is 24.0 Å². The number of aliphatic hydroxyl groups excluding tert-OH is 8. The Morgan fingerprint density at radius 2 is 0.583 bits per heavy atom. The lowest BCUT2D eigenvalue weighted by Gasteiger charge is -2.17. The number of hydrogen-bond acceptors (Lipinski definition) is 27. The number of nitrogens with zero attached hydrogens (tertiary/aromatic N) is 19. The zero-order valence-corrected chi connectivity index (χ0v) is 79.6. The number of hydrogen-bond donors (Lipinski definition) is 12. The van der Waals surface area contributed by atoms with Crippen molar-refractivity contribution in [1.29, 1.82) is 0 Å². The predicted molar refractivity (Wildman–Crippen MR) is 542 cm³/mol. The molecule has 4 fully saturated rings. The molecule has 728 valence electrons. The van der Waals surface area contributed by atoms with E-state index < -0.39 is 48.8 Å². The molecule has 13 heterocycles. The maximum atomic E-state index is 10.3. The van der Waals surface area contributed by atoms with Crippen LogP contribution in [-0.2, 0) is 0 Å². The fourth-order valence-corrected chi connectivity index (χ4v) is 19.5. The minimum atomic E-state index is -0.731. The summed E-state index contributed by atoms with van der Waals surface area (Å²) >= 11 is 26.3. The van der Waals surface area contributed by atoms with E-state index >= 15 is 0 Å². The highest BCUT2D eigenvalue weighted by Gasteiger charge is 2.41. The standard InChI is InChI=1S/C27H24ClN5O3.3C26H23ClN6O3/c28-21-14-22-26(32-27(30-22)36-23-11-8-19(15-34)25(23)35)31-24(21)18-4-2-16(3-5-18)17-6-9-20(10-7-17)33-13-1-12-29-33;27-19-12-20-25(32-26(30-20)36-21-8-6-18(14-34)24(21)35)31-23(19)16-4-2-15(3-5-16)17-7-9-22(28-13-17)33-11-1-10-29-33;27-20-11-21-25(32-26(30-21)36-22-10-7-18(12-34)24(22)35)31-23(20)17-3-1-15(2-4-17)16-5-8-19(9-6-16)33-14-28-13-29-33;27-20-13-21-25(32-26(30-21)36-22-10-7-18(14-34)24(22)35)31-23(20)17-3-1-15(2-4-17)16-5-8-19(9-6-16)33-28-11-12-29-33/h1-7,9-10,12-14,19,23,25,34-35H,8,11,15H2,(H,30,31,32);1-5,7,9-13,18,21,24,34-35H,6,8,14H2,(H,30,31,32);1-6,8-9,11,13-14,18,22,24,34-35H,7,10,12H2,(H,30,31,32);1-6,8-9,11-13,18,22,24,34-35H,7,10,14H2,(H,30,31,32)/t19-,23-,25-;18-,21-,24-;2*18-,22-,24-/m1111/s1. The summed E-state index contributed by atoms with van der Waals surface area (Å²) in [4.78, 5) is 58.8. The van der Waals surface area contributed by atoms with Gasteiger partial charge in [0.05, 0.1) is 119 Å². The van der Waals surface area contributed by atoms with E-state index in [1.807, 2.05) is 205 Å². The molecule has 4 aliphatic rings. The molecule has 35 nitrogen and oxygen atoms in total. The van der Waals surface area contributed by atoms with Gasteiger partial charge in [-0.25, -0.2) is 43.9 Å². The molecule has 13 aromatic heterocycles. The minimum absolute atomic E-state index is 0.0585. The Hall–Kier alpha value is -15.1. The lowest BCUT2D eigenvalue weighted by atomic mass is 10.0. The summed E-state index contributed by atoms with van der Waals surface area (Å²) < 4.78 is 28.7. The number of aliphatic hydroxyl groups is 8. The molecule has 0 aliphatic heterocycles. The van der Waals surface area contributed by atoms with Crippen LogP contribution < -0.4 is 18.9 Å². The van der Waals surface area contributed by atoms with Gasteiger partial charge >= 0.3 is 0 Å². The number of benzene rings is 7. The smallest absolute Gasteiger partial charge is 0.296 e. The topological polar surface area (TPSA) is 475 Å². The van der Waals surface area contributed by atoms with Gasteiger partial charge < -0.3 is 79.7 Å². The number of aromatic amines is 4. The number of rotatable bonds is 24. The Labute approximate surface area is 840 Å². The number of halogens is 4. The van der Waals surface area contributed by atoms with E-state index in [4.69, 9.17) is 65.4 Å². The van der Waals surface area contributed by atoms with Gasteiger partial charge in [0, 0.05) is 109 Å². The number of pyridine rings is 5. The summed E-state index contributed by atoms with van der Waals surface area (Å²) in [5.41, 5.74) is 21.7. The summed E-state index contributed by atoms with van der Waals surface area (Å²) in [7, 11) is 0. The third-order valence-corrected chi connectivity index (χ3v) is 27.7. The van der Waals surface area contributed by atoms with E-state index in [9.17, 15) is 40.9 Å². The third-order valence-electron chi connectivity index (χ3n) is 26.5. The van der Waals surface area contributed by atoms with Crippen LogP contribution in [0.2, 0.25) is 20.1 Å². The van der Waals surface area contributed by atoms with Crippen molar-refractivity contribution in [2.75, 3.05) is 26.4 Å². The van der Waals surface area contributed by atoms with Crippen LogP contribution in [-0.4, -0.2) is 230 Å². The van der Waals surface area contributed by atoms with E-state index in [1.54, 1.807) is 69.5 Å². The molecule has 0 saturated heterocycles. The molecular formula is C105H93Cl4N23O12. The monoisotopic (exact) mass is 2010 g/mol. The van der Waals surface area contributed by atoms with E-state index in [1.165, 1.54) is 6.33 Å². The van der Waals surface area contributed by atoms with Gasteiger partial charge in [-0.15, -0.1) is 0 Å². The van der Waals surface area contributed by atoms with Crippen LogP contribution >= 0.6 is 46.4 Å². The first-order valence-electron chi connectivity index (χ1n) is 46.8. The molecule has 0 radical (unpaired) electrons. The van der Waals surface area contributed by atoms with E-state index in [0.717, 1.165) is 89.6 Å². The van der Waals surface area contributed by atoms with Crippen LogP contribution in [0.25, 0.3) is 157 Å². The Bertz CT molecular complexity index is 6860. The molecule has 144 heavy (non-hydrogen) atoms. The molecule has 7 aromatic carbocycles. The molecule has 4 aliphatic carbocycles. The molecule has 12 N–H and O–H groups in total.